The van der Waals surface area contributed by atoms with E-state index in [0.717, 1.165) is 5.16 Å². The van der Waals surface area contributed by atoms with Gasteiger partial charge in [0.25, 0.3) is 5.91 Å². The van der Waals surface area contributed by atoms with Crippen molar-refractivity contribution in [1.82, 2.24) is 35.4 Å². The lowest BCUT2D eigenvalue weighted by molar-refractivity contribution is -0.126. The number of piperidine rings is 1. The highest BCUT2D eigenvalue weighted by molar-refractivity contribution is 7.99. The number of aromatic nitrogens is 5. The van der Waals surface area contributed by atoms with Crippen LogP contribution in [0.2, 0.25) is 0 Å². The number of nitrogens with one attached hydrogen (secondary N) is 1. The Morgan fingerprint density at radius 2 is 2.12 bits per heavy atom. The smallest absolute Gasteiger partial charge is 0.272 e. The summed E-state index contributed by atoms with van der Waals surface area (Å²) in [5.74, 6) is 0.630. The van der Waals surface area contributed by atoms with Gasteiger partial charge in [-0.05, 0) is 35.4 Å². The second-order valence-electron chi connectivity index (χ2n) is 6.01. The predicted molar refractivity (Wildman–Crippen MR) is 95.4 cm³/mol. The molecule has 0 aliphatic carbocycles. The fraction of sp³-hybridized carbons (Fsp3) is 0.500. The van der Waals surface area contributed by atoms with Crippen molar-refractivity contribution in [3.05, 3.63) is 30.1 Å². The van der Waals surface area contributed by atoms with E-state index < -0.39 is 0 Å². The van der Waals surface area contributed by atoms with Crippen LogP contribution in [-0.4, -0.2) is 67.3 Å². The molecule has 1 saturated heterocycles. The summed E-state index contributed by atoms with van der Waals surface area (Å²) in [5, 5.41) is 14.9. The van der Waals surface area contributed by atoms with Crippen LogP contribution in [0.15, 0.2) is 29.6 Å². The van der Waals surface area contributed by atoms with E-state index in [1.165, 1.54) is 11.8 Å². The first-order chi connectivity index (χ1) is 12.6. The molecule has 2 aromatic heterocycles. The Bertz CT molecular complexity index is 744. The third-order valence-electron chi connectivity index (χ3n) is 4.25. The Morgan fingerprint density at radius 3 is 2.77 bits per heavy atom. The maximum Gasteiger partial charge on any atom is 0.272 e. The summed E-state index contributed by atoms with van der Waals surface area (Å²) in [6, 6.07) is 5.30. The van der Waals surface area contributed by atoms with E-state index in [1.54, 1.807) is 41.0 Å². The van der Waals surface area contributed by atoms with Crippen molar-refractivity contribution in [2.45, 2.75) is 18.0 Å². The molecule has 2 amide bonds. The summed E-state index contributed by atoms with van der Waals surface area (Å²) in [7, 11) is 1.78. The van der Waals surface area contributed by atoms with Crippen LogP contribution in [0.1, 0.15) is 23.3 Å². The molecule has 0 unspecified atom stereocenters. The molecule has 1 aliphatic rings. The van der Waals surface area contributed by atoms with Crippen LogP contribution in [-0.2, 0) is 11.8 Å². The Hall–Kier alpha value is -2.49. The van der Waals surface area contributed by atoms with Crippen molar-refractivity contribution in [2.24, 2.45) is 13.0 Å². The number of nitrogens with zero attached hydrogens (tertiary/aromatic N) is 6. The fourth-order valence-corrected chi connectivity index (χ4v) is 3.50. The normalized spacial score (nSPS) is 15.0. The van der Waals surface area contributed by atoms with Gasteiger partial charge in [-0.2, -0.15) is 0 Å². The van der Waals surface area contributed by atoms with E-state index in [-0.39, 0.29) is 17.7 Å². The molecule has 0 spiro atoms. The Kier molecular flexibility index (Phi) is 6.16. The molecule has 1 fully saturated rings. The minimum Gasteiger partial charge on any atom is -0.355 e. The summed E-state index contributed by atoms with van der Waals surface area (Å²) in [6.45, 7) is 1.71. The van der Waals surface area contributed by atoms with Gasteiger partial charge < -0.3 is 10.2 Å². The van der Waals surface area contributed by atoms with Gasteiger partial charge in [0, 0.05) is 44.5 Å². The monoisotopic (exact) mass is 375 g/mol. The summed E-state index contributed by atoms with van der Waals surface area (Å²) < 4.78 is 1.60. The fourth-order valence-electron chi connectivity index (χ4n) is 2.80. The van der Waals surface area contributed by atoms with Crippen LogP contribution < -0.4 is 5.32 Å². The molecule has 1 N–H and O–H groups in total. The largest absolute Gasteiger partial charge is 0.355 e. The summed E-state index contributed by atoms with van der Waals surface area (Å²) in [5.41, 5.74) is 0.450. The lowest BCUT2D eigenvalue weighted by Gasteiger charge is -2.31. The number of carbonyl (C=O) groups is 2. The van der Waals surface area contributed by atoms with Gasteiger partial charge in [0.05, 0.1) is 0 Å². The van der Waals surface area contributed by atoms with Gasteiger partial charge in [-0.1, -0.05) is 17.8 Å². The van der Waals surface area contributed by atoms with Crippen molar-refractivity contribution < 1.29 is 9.59 Å². The number of pyridine rings is 1. The lowest BCUT2D eigenvalue weighted by Crippen LogP contribution is -2.43. The lowest BCUT2D eigenvalue weighted by atomic mass is 9.95. The zero-order valence-electron chi connectivity index (χ0n) is 14.5. The third kappa shape index (κ3) is 4.57. The number of thioether (sulfide) groups is 1. The molecule has 0 bridgehead atoms. The first-order valence-corrected chi connectivity index (χ1v) is 9.47. The molecule has 0 atom stereocenters. The number of carbonyl (C=O) groups excluding carboxylic acids is 2. The van der Waals surface area contributed by atoms with Gasteiger partial charge in [0.15, 0.2) is 0 Å². The number of hydrogen-bond acceptors (Lipinski definition) is 7. The van der Waals surface area contributed by atoms with Gasteiger partial charge in [0.2, 0.25) is 11.1 Å². The molecule has 138 valence electrons. The molecule has 1 aliphatic heterocycles. The van der Waals surface area contributed by atoms with Gasteiger partial charge >= 0.3 is 0 Å². The zero-order valence-corrected chi connectivity index (χ0v) is 15.4. The van der Waals surface area contributed by atoms with Crippen LogP contribution in [0.25, 0.3) is 0 Å². The Morgan fingerprint density at radius 1 is 1.31 bits per heavy atom. The molecule has 0 aromatic carbocycles. The maximum absolute atomic E-state index is 12.4. The summed E-state index contributed by atoms with van der Waals surface area (Å²) >= 11 is 1.50. The second-order valence-corrected chi connectivity index (χ2v) is 7.07. The van der Waals surface area contributed by atoms with Crippen molar-refractivity contribution in [3.63, 3.8) is 0 Å². The zero-order chi connectivity index (χ0) is 18.4. The van der Waals surface area contributed by atoms with Gasteiger partial charge in [-0.25, -0.2) is 4.68 Å². The average Bonchev–Trinajstić information content (AvgIpc) is 3.10. The first kappa shape index (κ1) is 18.3. The molecule has 3 rings (SSSR count). The van der Waals surface area contributed by atoms with E-state index in [9.17, 15) is 9.59 Å². The van der Waals surface area contributed by atoms with Crippen molar-refractivity contribution in [2.75, 3.05) is 25.4 Å². The van der Waals surface area contributed by atoms with Crippen molar-refractivity contribution >= 4 is 23.6 Å². The molecular weight excluding hydrogens is 354 g/mol. The highest BCUT2D eigenvalue weighted by Crippen LogP contribution is 2.19. The number of likely N-dealkylation sites (tertiary alicyclic amines) is 1. The molecular formula is C16H21N7O2S. The first-order valence-electron chi connectivity index (χ1n) is 8.48. The van der Waals surface area contributed by atoms with Crippen LogP contribution >= 0.6 is 11.8 Å². The van der Waals surface area contributed by atoms with E-state index >= 15 is 0 Å². The number of aryl methyl sites for hydroxylation is 1. The molecule has 9 nitrogen and oxygen atoms in total. The SMILES string of the molecule is Cn1nnnc1SCCNC(=O)C1CCN(C(=O)c2ccccn2)CC1. The van der Waals surface area contributed by atoms with E-state index in [1.807, 2.05) is 0 Å². The minimum absolute atomic E-state index is 0.0478. The van der Waals surface area contributed by atoms with Crippen molar-refractivity contribution in [1.29, 1.82) is 0 Å². The average molecular weight is 375 g/mol. The molecule has 10 heteroatoms. The maximum atomic E-state index is 12.4. The van der Waals surface area contributed by atoms with Crippen LogP contribution in [0.3, 0.4) is 0 Å². The third-order valence-corrected chi connectivity index (χ3v) is 5.26. The van der Waals surface area contributed by atoms with E-state index in [4.69, 9.17) is 0 Å². The molecule has 0 saturated carbocycles. The van der Waals surface area contributed by atoms with Gasteiger partial charge in [-0.15, -0.1) is 5.10 Å². The number of tetrazole rings is 1. The topological polar surface area (TPSA) is 106 Å². The molecule has 3 heterocycles. The van der Waals surface area contributed by atoms with Crippen molar-refractivity contribution in [3.8, 4) is 0 Å². The number of hydrogen-bond donors (Lipinski definition) is 1. The second kappa shape index (κ2) is 8.75. The van der Waals surface area contributed by atoms with Crippen LogP contribution in [0.4, 0.5) is 0 Å². The quantitative estimate of drug-likeness (QED) is 0.574. The highest BCUT2D eigenvalue weighted by Gasteiger charge is 2.28. The van der Waals surface area contributed by atoms with E-state index in [2.05, 4.69) is 25.8 Å². The van der Waals surface area contributed by atoms with Gasteiger partial charge in [-0.3, -0.25) is 14.6 Å². The highest BCUT2D eigenvalue weighted by atomic mass is 32.2. The van der Waals surface area contributed by atoms with E-state index in [0.29, 0.717) is 43.9 Å². The standard InChI is InChI=1S/C16H21N7O2S/c1-22-16(19-20-21-22)26-11-8-18-14(24)12-5-9-23(10-6-12)15(25)13-4-2-3-7-17-13/h2-4,7,12H,5-6,8-11H2,1H3,(H,18,24). The predicted octanol–water partition coefficient (Wildman–Crippen LogP) is 0.366. The number of amides is 2. The summed E-state index contributed by atoms with van der Waals surface area (Å²) in [4.78, 5) is 30.5. The molecule has 0 radical (unpaired) electrons. The Labute approximate surface area is 155 Å². The molecule has 26 heavy (non-hydrogen) atoms. The van der Waals surface area contributed by atoms with Crippen LogP contribution in [0.5, 0.6) is 0 Å². The Balaban J connectivity index is 1.38. The number of rotatable bonds is 6. The summed E-state index contributed by atoms with van der Waals surface area (Å²) in [6.07, 6.45) is 2.96. The van der Waals surface area contributed by atoms with Crippen LogP contribution in [0, 0.1) is 5.92 Å². The minimum atomic E-state index is -0.0712. The van der Waals surface area contributed by atoms with Gasteiger partial charge in [0.1, 0.15) is 5.69 Å². The molecule has 2 aromatic rings.